The molecule has 0 heterocycles. The fraction of sp³-hybridized carbons (Fsp3) is 0.462. The molecule has 1 amide bonds. The molecule has 2 heteroatoms. The molecule has 2 N–H and O–H groups in total. The smallest absolute Gasteiger partial charge is 0.249 e. The second-order valence-electron chi connectivity index (χ2n) is 4.43. The second kappa shape index (κ2) is 4.05. The highest BCUT2D eigenvalue weighted by Crippen LogP contribution is 2.26. The van der Waals surface area contributed by atoms with Gasteiger partial charge in [-0.15, -0.1) is 0 Å². The van der Waals surface area contributed by atoms with Crippen molar-refractivity contribution in [2.24, 2.45) is 5.73 Å². The molecule has 0 unspecified atom stereocenters. The Morgan fingerprint density at radius 2 is 1.73 bits per heavy atom. The first-order valence-corrected chi connectivity index (χ1v) is 5.26. The lowest BCUT2D eigenvalue weighted by atomic mass is 9.88. The van der Waals surface area contributed by atoms with Gasteiger partial charge in [0.1, 0.15) is 0 Å². The molecule has 1 aromatic rings. The molecule has 0 bridgehead atoms. The monoisotopic (exact) mass is 205 g/mol. The lowest BCUT2D eigenvalue weighted by Crippen LogP contribution is -2.16. The summed E-state index contributed by atoms with van der Waals surface area (Å²) in [6, 6.07) is 2.08. The highest BCUT2D eigenvalue weighted by Gasteiger charge is 2.15. The van der Waals surface area contributed by atoms with E-state index in [1.54, 1.807) is 0 Å². The Morgan fingerprint density at radius 1 is 1.20 bits per heavy atom. The average Bonchev–Trinajstić information content (AvgIpc) is 2.10. The minimum atomic E-state index is -0.330. The first kappa shape index (κ1) is 11.8. The van der Waals surface area contributed by atoms with Gasteiger partial charge >= 0.3 is 0 Å². The zero-order valence-corrected chi connectivity index (χ0v) is 10.1. The molecule has 0 radical (unpaired) electrons. The van der Waals surface area contributed by atoms with E-state index in [0.29, 0.717) is 11.5 Å². The maximum atomic E-state index is 11.3. The zero-order valence-electron chi connectivity index (χ0n) is 10.1. The number of nitrogens with two attached hydrogens (primary N) is 1. The zero-order chi connectivity index (χ0) is 11.7. The van der Waals surface area contributed by atoms with Gasteiger partial charge in [0.05, 0.1) is 0 Å². The van der Waals surface area contributed by atoms with Gasteiger partial charge in [0.2, 0.25) is 5.91 Å². The van der Waals surface area contributed by atoms with E-state index in [1.165, 1.54) is 11.1 Å². The number of rotatable bonds is 2. The molecule has 82 valence electrons. The number of carbonyl (C=O) groups is 1. The van der Waals surface area contributed by atoms with Crippen LogP contribution in [0.25, 0.3) is 0 Å². The van der Waals surface area contributed by atoms with Crippen LogP contribution in [-0.2, 0) is 0 Å². The predicted molar refractivity (Wildman–Crippen MR) is 63.3 cm³/mol. The van der Waals surface area contributed by atoms with Gasteiger partial charge in [-0.1, -0.05) is 19.9 Å². The predicted octanol–water partition coefficient (Wildman–Crippen LogP) is 2.83. The molecule has 0 aliphatic heterocycles. The molecule has 15 heavy (non-hydrogen) atoms. The van der Waals surface area contributed by atoms with E-state index in [9.17, 15) is 4.79 Å². The Morgan fingerprint density at radius 3 is 2.13 bits per heavy atom. The maximum absolute atomic E-state index is 11.3. The fourth-order valence-corrected chi connectivity index (χ4v) is 2.09. The van der Waals surface area contributed by atoms with Gasteiger partial charge in [0, 0.05) is 5.56 Å². The topological polar surface area (TPSA) is 43.1 Å². The van der Waals surface area contributed by atoms with Crippen LogP contribution >= 0.6 is 0 Å². The van der Waals surface area contributed by atoms with Crippen molar-refractivity contribution < 1.29 is 4.79 Å². The van der Waals surface area contributed by atoms with E-state index in [0.717, 1.165) is 11.1 Å². The van der Waals surface area contributed by atoms with Crippen molar-refractivity contribution in [3.8, 4) is 0 Å². The van der Waals surface area contributed by atoms with Crippen LogP contribution in [0, 0.1) is 20.8 Å². The highest BCUT2D eigenvalue weighted by molar-refractivity contribution is 5.96. The molecule has 2 nitrogen and oxygen atoms in total. The minimum absolute atomic E-state index is 0.330. The molecular formula is C13H19NO. The molecule has 0 saturated heterocycles. The molecule has 0 aliphatic rings. The number of hydrogen-bond donors (Lipinski definition) is 1. The third kappa shape index (κ3) is 2.04. The molecule has 0 saturated carbocycles. The van der Waals surface area contributed by atoms with Gasteiger partial charge in [-0.2, -0.15) is 0 Å². The number of amides is 1. The lowest BCUT2D eigenvalue weighted by Gasteiger charge is -2.17. The van der Waals surface area contributed by atoms with Crippen molar-refractivity contribution >= 4 is 5.91 Å². The first-order chi connectivity index (χ1) is 6.86. The van der Waals surface area contributed by atoms with Crippen molar-refractivity contribution in [2.75, 3.05) is 0 Å². The van der Waals surface area contributed by atoms with Crippen molar-refractivity contribution in [1.82, 2.24) is 0 Å². The van der Waals surface area contributed by atoms with Crippen molar-refractivity contribution in [2.45, 2.75) is 40.5 Å². The largest absolute Gasteiger partial charge is 0.366 e. The number of primary amides is 1. The van der Waals surface area contributed by atoms with Crippen LogP contribution in [-0.4, -0.2) is 5.91 Å². The van der Waals surface area contributed by atoms with Crippen molar-refractivity contribution in [3.05, 3.63) is 33.9 Å². The fourth-order valence-electron chi connectivity index (χ4n) is 2.09. The second-order valence-corrected chi connectivity index (χ2v) is 4.43. The normalized spacial score (nSPS) is 10.8. The molecule has 1 rings (SSSR count). The van der Waals surface area contributed by atoms with Crippen LogP contribution < -0.4 is 5.73 Å². The standard InChI is InChI=1S/C13H19NO/c1-7(2)11-6-8(3)12(13(14)15)10(5)9(11)4/h6-7H,1-5H3,(H2,14,15). The Balaban J connectivity index is 3.51. The minimum Gasteiger partial charge on any atom is -0.366 e. The summed E-state index contributed by atoms with van der Waals surface area (Å²) in [5.41, 5.74) is 10.5. The van der Waals surface area contributed by atoms with E-state index in [1.807, 2.05) is 13.8 Å². The number of carbonyl (C=O) groups excluding carboxylic acids is 1. The Hall–Kier alpha value is -1.31. The number of hydrogen-bond acceptors (Lipinski definition) is 1. The highest BCUT2D eigenvalue weighted by atomic mass is 16.1. The quantitative estimate of drug-likeness (QED) is 0.792. The van der Waals surface area contributed by atoms with Crippen LogP contribution in [0.2, 0.25) is 0 Å². The Labute approximate surface area is 91.5 Å². The third-order valence-corrected chi connectivity index (χ3v) is 3.01. The van der Waals surface area contributed by atoms with Gasteiger partial charge < -0.3 is 5.73 Å². The van der Waals surface area contributed by atoms with Crippen molar-refractivity contribution in [1.29, 1.82) is 0 Å². The van der Waals surface area contributed by atoms with Crippen LogP contribution in [0.3, 0.4) is 0 Å². The summed E-state index contributed by atoms with van der Waals surface area (Å²) >= 11 is 0. The summed E-state index contributed by atoms with van der Waals surface area (Å²) in [6.45, 7) is 10.3. The van der Waals surface area contributed by atoms with E-state index in [-0.39, 0.29) is 5.91 Å². The van der Waals surface area contributed by atoms with Gasteiger partial charge in [-0.05, 0) is 48.9 Å². The van der Waals surface area contributed by atoms with E-state index < -0.39 is 0 Å². The third-order valence-electron chi connectivity index (χ3n) is 3.01. The van der Waals surface area contributed by atoms with E-state index in [4.69, 9.17) is 5.73 Å². The molecular weight excluding hydrogens is 186 g/mol. The summed E-state index contributed by atoms with van der Waals surface area (Å²) in [4.78, 5) is 11.3. The SMILES string of the molecule is Cc1cc(C(C)C)c(C)c(C)c1C(N)=O. The van der Waals surface area contributed by atoms with Gasteiger partial charge in [0.15, 0.2) is 0 Å². The van der Waals surface area contributed by atoms with E-state index in [2.05, 4.69) is 26.8 Å². The summed E-state index contributed by atoms with van der Waals surface area (Å²) < 4.78 is 0. The Kier molecular flexibility index (Phi) is 3.18. The van der Waals surface area contributed by atoms with Gasteiger partial charge in [-0.25, -0.2) is 0 Å². The van der Waals surface area contributed by atoms with Crippen LogP contribution in [0.15, 0.2) is 6.07 Å². The summed E-state index contributed by atoms with van der Waals surface area (Å²) in [5, 5.41) is 0. The average molecular weight is 205 g/mol. The van der Waals surface area contributed by atoms with Crippen LogP contribution in [0.4, 0.5) is 0 Å². The number of aryl methyl sites for hydroxylation is 1. The summed E-state index contributed by atoms with van der Waals surface area (Å²) in [5.74, 6) is 0.146. The number of benzene rings is 1. The van der Waals surface area contributed by atoms with Crippen LogP contribution in [0.1, 0.15) is 52.4 Å². The maximum Gasteiger partial charge on any atom is 0.249 e. The molecule has 0 atom stereocenters. The molecule has 0 aromatic heterocycles. The van der Waals surface area contributed by atoms with E-state index >= 15 is 0 Å². The Bertz CT molecular complexity index is 405. The molecule has 0 spiro atoms. The molecule has 1 aromatic carbocycles. The van der Waals surface area contributed by atoms with Crippen molar-refractivity contribution in [3.63, 3.8) is 0 Å². The lowest BCUT2D eigenvalue weighted by molar-refractivity contribution is 0.0999. The first-order valence-electron chi connectivity index (χ1n) is 5.26. The van der Waals surface area contributed by atoms with Gasteiger partial charge in [-0.3, -0.25) is 4.79 Å². The molecule has 0 aliphatic carbocycles. The van der Waals surface area contributed by atoms with Gasteiger partial charge in [0.25, 0.3) is 0 Å². The summed E-state index contributed by atoms with van der Waals surface area (Å²) in [7, 11) is 0. The summed E-state index contributed by atoms with van der Waals surface area (Å²) in [6.07, 6.45) is 0. The van der Waals surface area contributed by atoms with Crippen LogP contribution in [0.5, 0.6) is 0 Å². The molecule has 0 fully saturated rings.